The standard InChI is InChI=1S/C19H21N3O5/c1-25-15-7-4-13(5-8-15)11-21-22-18(23)12-20-19(24)14-6-9-16(26-2)17(10-14)27-3/h4-11H,12H2,1-3H3,(H,20,24)(H,22,23). The Bertz CT molecular complexity index is 819. The fourth-order valence-corrected chi connectivity index (χ4v) is 2.15. The summed E-state index contributed by atoms with van der Waals surface area (Å²) in [4.78, 5) is 23.9. The first-order valence-electron chi connectivity index (χ1n) is 8.03. The van der Waals surface area contributed by atoms with Crippen LogP contribution in [0.5, 0.6) is 17.2 Å². The maximum atomic E-state index is 12.1. The van der Waals surface area contributed by atoms with Gasteiger partial charge in [-0.1, -0.05) is 0 Å². The first-order chi connectivity index (χ1) is 13.1. The maximum absolute atomic E-state index is 12.1. The molecule has 8 heteroatoms. The predicted molar refractivity (Wildman–Crippen MR) is 101 cm³/mol. The molecule has 27 heavy (non-hydrogen) atoms. The monoisotopic (exact) mass is 371 g/mol. The number of ether oxygens (including phenoxy) is 3. The smallest absolute Gasteiger partial charge is 0.259 e. The predicted octanol–water partition coefficient (Wildman–Crippen LogP) is 1.59. The Morgan fingerprint density at radius 1 is 0.963 bits per heavy atom. The third-order valence-corrected chi connectivity index (χ3v) is 3.57. The number of methoxy groups -OCH3 is 3. The molecular weight excluding hydrogens is 350 g/mol. The van der Waals surface area contributed by atoms with Gasteiger partial charge in [0.2, 0.25) is 0 Å². The number of hydrogen-bond acceptors (Lipinski definition) is 6. The van der Waals surface area contributed by atoms with Crippen LogP contribution in [0.25, 0.3) is 0 Å². The highest BCUT2D eigenvalue weighted by molar-refractivity contribution is 5.97. The van der Waals surface area contributed by atoms with Crippen LogP contribution in [-0.2, 0) is 4.79 Å². The number of nitrogens with zero attached hydrogens (tertiary/aromatic N) is 1. The minimum Gasteiger partial charge on any atom is -0.497 e. The van der Waals surface area contributed by atoms with Gasteiger partial charge in [0.15, 0.2) is 11.5 Å². The van der Waals surface area contributed by atoms with Gasteiger partial charge in [-0.05, 0) is 48.0 Å². The molecule has 0 aliphatic rings. The lowest BCUT2D eigenvalue weighted by molar-refractivity contribution is -0.120. The third kappa shape index (κ3) is 5.74. The number of carbonyl (C=O) groups excluding carboxylic acids is 2. The highest BCUT2D eigenvalue weighted by atomic mass is 16.5. The molecule has 2 aromatic rings. The molecule has 0 bridgehead atoms. The van der Waals surface area contributed by atoms with E-state index in [2.05, 4.69) is 15.8 Å². The van der Waals surface area contributed by atoms with E-state index < -0.39 is 11.8 Å². The second-order valence-electron chi connectivity index (χ2n) is 5.32. The fourth-order valence-electron chi connectivity index (χ4n) is 2.15. The van der Waals surface area contributed by atoms with Crippen molar-refractivity contribution in [3.8, 4) is 17.2 Å². The van der Waals surface area contributed by atoms with Gasteiger partial charge in [0.05, 0.1) is 34.1 Å². The van der Waals surface area contributed by atoms with E-state index in [1.165, 1.54) is 26.5 Å². The largest absolute Gasteiger partial charge is 0.497 e. The Kier molecular flexibility index (Phi) is 7.18. The van der Waals surface area contributed by atoms with E-state index in [1.54, 1.807) is 43.5 Å². The average molecular weight is 371 g/mol. The molecule has 0 spiro atoms. The van der Waals surface area contributed by atoms with Crippen LogP contribution in [-0.4, -0.2) is 45.9 Å². The van der Waals surface area contributed by atoms with Crippen LogP contribution in [0.15, 0.2) is 47.6 Å². The normalized spacial score (nSPS) is 10.3. The first kappa shape index (κ1) is 19.8. The molecule has 0 fully saturated rings. The summed E-state index contributed by atoms with van der Waals surface area (Å²) in [5.41, 5.74) is 3.49. The average Bonchev–Trinajstić information content (AvgIpc) is 2.71. The van der Waals surface area contributed by atoms with Crippen LogP contribution in [0.1, 0.15) is 15.9 Å². The fraction of sp³-hybridized carbons (Fsp3) is 0.211. The summed E-state index contributed by atoms with van der Waals surface area (Å²) in [7, 11) is 4.57. The Morgan fingerprint density at radius 3 is 2.30 bits per heavy atom. The van der Waals surface area contributed by atoms with Gasteiger partial charge in [0, 0.05) is 5.56 Å². The zero-order valence-electron chi connectivity index (χ0n) is 15.3. The molecule has 8 nitrogen and oxygen atoms in total. The molecule has 142 valence electrons. The zero-order valence-corrected chi connectivity index (χ0v) is 15.3. The van der Waals surface area contributed by atoms with Crippen LogP contribution in [0.3, 0.4) is 0 Å². The molecule has 0 atom stereocenters. The lowest BCUT2D eigenvalue weighted by Gasteiger charge is -2.09. The topological polar surface area (TPSA) is 98.2 Å². The second kappa shape index (κ2) is 9.81. The molecular formula is C19H21N3O5. The summed E-state index contributed by atoms with van der Waals surface area (Å²) in [5.74, 6) is 0.811. The van der Waals surface area contributed by atoms with E-state index in [0.29, 0.717) is 17.1 Å². The summed E-state index contributed by atoms with van der Waals surface area (Å²) >= 11 is 0. The molecule has 0 radical (unpaired) electrons. The summed E-state index contributed by atoms with van der Waals surface area (Å²) in [5, 5.41) is 6.36. The van der Waals surface area contributed by atoms with Gasteiger partial charge in [-0.25, -0.2) is 5.43 Å². The summed E-state index contributed by atoms with van der Waals surface area (Å²) < 4.78 is 15.3. The molecule has 0 saturated heterocycles. The number of hydrazone groups is 1. The number of nitrogens with one attached hydrogen (secondary N) is 2. The van der Waals surface area contributed by atoms with Crippen molar-refractivity contribution in [3.63, 3.8) is 0 Å². The molecule has 2 rings (SSSR count). The van der Waals surface area contributed by atoms with E-state index in [-0.39, 0.29) is 6.54 Å². The Balaban J connectivity index is 1.83. The van der Waals surface area contributed by atoms with Gasteiger partial charge >= 0.3 is 0 Å². The van der Waals surface area contributed by atoms with Crippen molar-refractivity contribution in [2.45, 2.75) is 0 Å². The minimum atomic E-state index is -0.450. The SMILES string of the molecule is COc1ccc(C=NNC(=O)CNC(=O)c2ccc(OC)c(OC)c2)cc1. The molecule has 2 aromatic carbocycles. The molecule has 0 saturated carbocycles. The lowest BCUT2D eigenvalue weighted by Crippen LogP contribution is -2.34. The molecule has 0 heterocycles. The second-order valence-corrected chi connectivity index (χ2v) is 5.32. The van der Waals surface area contributed by atoms with Gasteiger partial charge < -0.3 is 19.5 Å². The van der Waals surface area contributed by atoms with Gasteiger partial charge in [-0.3, -0.25) is 9.59 Å². The number of rotatable bonds is 8. The van der Waals surface area contributed by atoms with E-state index in [4.69, 9.17) is 14.2 Å². The first-order valence-corrected chi connectivity index (χ1v) is 8.03. The summed E-state index contributed by atoms with van der Waals surface area (Å²) in [6, 6.07) is 11.9. The molecule has 2 amide bonds. The van der Waals surface area contributed by atoms with Crippen LogP contribution >= 0.6 is 0 Å². The minimum absolute atomic E-state index is 0.215. The van der Waals surface area contributed by atoms with Crippen molar-refractivity contribution in [2.24, 2.45) is 5.10 Å². The lowest BCUT2D eigenvalue weighted by atomic mass is 10.2. The van der Waals surface area contributed by atoms with Crippen LogP contribution in [0.4, 0.5) is 0 Å². The van der Waals surface area contributed by atoms with Crippen molar-refractivity contribution in [1.82, 2.24) is 10.7 Å². The van der Waals surface area contributed by atoms with Gasteiger partial charge in [-0.15, -0.1) is 0 Å². The van der Waals surface area contributed by atoms with Crippen LogP contribution < -0.4 is 25.0 Å². The quantitative estimate of drug-likeness (QED) is 0.542. The van der Waals surface area contributed by atoms with Crippen molar-refractivity contribution in [3.05, 3.63) is 53.6 Å². The van der Waals surface area contributed by atoms with Crippen molar-refractivity contribution in [2.75, 3.05) is 27.9 Å². The van der Waals surface area contributed by atoms with E-state index in [1.807, 2.05) is 0 Å². The highest BCUT2D eigenvalue weighted by Crippen LogP contribution is 2.27. The van der Waals surface area contributed by atoms with Gasteiger partial charge in [-0.2, -0.15) is 5.10 Å². The van der Waals surface area contributed by atoms with Crippen LogP contribution in [0.2, 0.25) is 0 Å². The number of hydrogen-bond donors (Lipinski definition) is 2. The molecule has 0 aromatic heterocycles. The van der Waals surface area contributed by atoms with E-state index in [0.717, 1.165) is 11.3 Å². The van der Waals surface area contributed by atoms with E-state index in [9.17, 15) is 9.59 Å². The Labute approximate surface area is 157 Å². The Hall–Kier alpha value is -3.55. The summed E-state index contributed by atoms with van der Waals surface area (Å²) in [6.45, 7) is -0.215. The third-order valence-electron chi connectivity index (χ3n) is 3.57. The van der Waals surface area contributed by atoms with Gasteiger partial charge in [0.1, 0.15) is 5.75 Å². The highest BCUT2D eigenvalue weighted by Gasteiger charge is 2.11. The van der Waals surface area contributed by atoms with Crippen molar-refractivity contribution < 1.29 is 23.8 Å². The van der Waals surface area contributed by atoms with Crippen molar-refractivity contribution >= 4 is 18.0 Å². The zero-order chi connectivity index (χ0) is 19.6. The number of benzene rings is 2. The molecule has 2 N–H and O–H groups in total. The number of carbonyl (C=O) groups is 2. The Morgan fingerprint density at radius 2 is 1.67 bits per heavy atom. The molecule has 0 unspecified atom stereocenters. The van der Waals surface area contributed by atoms with E-state index >= 15 is 0 Å². The van der Waals surface area contributed by atoms with Gasteiger partial charge in [0.25, 0.3) is 11.8 Å². The summed E-state index contributed by atoms with van der Waals surface area (Å²) in [6.07, 6.45) is 1.49. The molecule has 0 aliphatic carbocycles. The van der Waals surface area contributed by atoms with Crippen molar-refractivity contribution in [1.29, 1.82) is 0 Å². The maximum Gasteiger partial charge on any atom is 0.259 e. The van der Waals surface area contributed by atoms with Crippen LogP contribution in [0, 0.1) is 0 Å². The molecule has 0 aliphatic heterocycles. The number of amides is 2.